The summed E-state index contributed by atoms with van der Waals surface area (Å²) < 4.78 is 25.5. The van der Waals surface area contributed by atoms with E-state index in [2.05, 4.69) is 27.1 Å². The van der Waals surface area contributed by atoms with Gasteiger partial charge in [-0.3, -0.25) is 0 Å². The van der Waals surface area contributed by atoms with Crippen molar-refractivity contribution < 1.29 is 13.9 Å². The topological polar surface area (TPSA) is 75.9 Å². The second kappa shape index (κ2) is 8.99. The van der Waals surface area contributed by atoms with Crippen LogP contribution in [0.15, 0.2) is 36.4 Å². The normalized spacial score (nSPS) is 14.5. The van der Waals surface area contributed by atoms with Crippen LogP contribution in [0.5, 0.6) is 11.5 Å². The first-order valence-corrected chi connectivity index (χ1v) is 10.8. The molecule has 164 valence electrons. The minimum Gasteiger partial charge on any atom is -0.497 e. The van der Waals surface area contributed by atoms with Gasteiger partial charge in [0.1, 0.15) is 23.1 Å². The lowest BCUT2D eigenvalue weighted by molar-refractivity contribution is 0.311. The largest absolute Gasteiger partial charge is 0.497 e. The van der Waals surface area contributed by atoms with E-state index in [4.69, 9.17) is 15.2 Å². The molecule has 4 rings (SSSR count). The maximum Gasteiger partial charge on any atom is 0.189 e. The first kappa shape index (κ1) is 21.2. The highest BCUT2D eigenvalue weighted by Crippen LogP contribution is 2.42. The first-order valence-electron chi connectivity index (χ1n) is 9.97. The Kier molecular flexibility index (Phi) is 6.15. The highest BCUT2D eigenvalue weighted by atomic mass is 32.1. The molecular formula is C22H26FN5O2S. The fourth-order valence-corrected chi connectivity index (χ4v) is 4.51. The molecule has 0 spiro atoms. The Morgan fingerprint density at radius 2 is 1.84 bits per heavy atom. The van der Waals surface area contributed by atoms with E-state index in [1.54, 1.807) is 20.3 Å². The van der Waals surface area contributed by atoms with Crippen LogP contribution in [0.25, 0.3) is 10.4 Å². The zero-order valence-electron chi connectivity index (χ0n) is 17.8. The predicted molar refractivity (Wildman–Crippen MR) is 124 cm³/mol. The number of halogens is 1. The molecule has 1 fully saturated rings. The molecule has 3 aromatic rings. The zero-order chi connectivity index (χ0) is 22.0. The number of thiazole rings is 1. The van der Waals surface area contributed by atoms with Crippen molar-refractivity contribution in [2.24, 2.45) is 0 Å². The van der Waals surface area contributed by atoms with Crippen molar-refractivity contribution in [3.05, 3.63) is 42.2 Å². The van der Waals surface area contributed by atoms with Crippen molar-refractivity contribution in [2.45, 2.75) is 0 Å². The molecule has 0 bridgehead atoms. The third-order valence-electron chi connectivity index (χ3n) is 5.35. The number of likely N-dealkylation sites (N-methyl/N-ethyl adjacent to an activating group) is 1. The number of nitrogens with two attached hydrogens (primary N) is 1. The van der Waals surface area contributed by atoms with E-state index in [-0.39, 0.29) is 5.82 Å². The lowest BCUT2D eigenvalue weighted by Gasteiger charge is -2.34. The van der Waals surface area contributed by atoms with E-state index < -0.39 is 0 Å². The average molecular weight is 444 g/mol. The SMILES string of the molecule is COc1ccc(-c2sc(Nc3ccc(N4CCN(C)CC4)c(F)c3)nc2N)c(OC)c1. The van der Waals surface area contributed by atoms with E-state index in [0.29, 0.717) is 33.8 Å². The van der Waals surface area contributed by atoms with Gasteiger partial charge >= 0.3 is 0 Å². The first-order chi connectivity index (χ1) is 15.0. The number of hydrogen-bond acceptors (Lipinski definition) is 8. The molecule has 0 radical (unpaired) electrons. The average Bonchev–Trinajstić information content (AvgIpc) is 3.13. The van der Waals surface area contributed by atoms with Crippen molar-refractivity contribution in [3.8, 4) is 21.9 Å². The Morgan fingerprint density at radius 1 is 1.06 bits per heavy atom. The van der Waals surface area contributed by atoms with Crippen LogP contribution in [0.4, 0.5) is 26.7 Å². The summed E-state index contributed by atoms with van der Waals surface area (Å²) in [6, 6.07) is 10.7. The monoisotopic (exact) mass is 443 g/mol. The number of anilines is 4. The highest BCUT2D eigenvalue weighted by Gasteiger charge is 2.19. The summed E-state index contributed by atoms with van der Waals surface area (Å²) >= 11 is 1.38. The summed E-state index contributed by atoms with van der Waals surface area (Å²) in [5.74, 6) is 1.46. The van der Waals surface area contributed by atoms with E-state index in [0.717, 1.165) is 36.6 Å². The summed E-state index contributed by atoms with van der Waals surface area (Å²) in [4.78, 5) is 9.51. The van der Waals surface area contributed by atoms with Gasteiger partial charge in [0.25, 0.3) is 0 Å². The molecule has 1 saturated heterocycles. The quantitative estimate of drug-likeness (QED) is 0.595. The molecule has 1 aliphatic heterocycles. The van der Waals surface area contributed by atoms with Gasteiger partial charge in [0.2, 0.25) is 0 Å². The van der Waals surface area contributed by atoms with Crippen LogP contribution in [0.3, 0.4) is 0 Å². The number of hydrogen-bond donors (Lipinski definition) is 2. The molecule has 9 heteroatoms. The van der Waals surface area contributed by atoms with Crippen LogP contribution < -0.4 is 25.4 Å². The molecule has 1 aromatic heterocycles. The van der Waals surface area contributed by atoms with E-state index in [1.165, 1.54) is 17.4 Å². The van der Waals surface area contributed by atoms with Gasteiger partial charge in [0, 0.05) is 43.5 Å². The number of nitrogens with one attached hydrogen (secondary N) is 1. The molecule has 2 aromatic carbocycles. The molecule has 31 heavy (non-hydrogen) atoms. The number of nitrogen functional groups attached to an aromatic ring is 1. The number of nitrogens with zero attached hydrogens (tertiary/aromatic N) is 3. The van der Waals surface area contributed by atoms with Crippen LogP contribution in [0.2, 0.25) is 0 Å². The van der Waals surface area contributed by atoms with Crippen molar-refractivity contribution in [2.75, 3.05) is 63.4 Å². The Bertz CT molecular complexity index is 1070. The second-order valence-corrected chi connectivity index (χ2v) is 8.38. The van der Waals surface area contributed by atoms with Gasteiger partial charge in [-0.25, -0.2) is 9.37 Å². The van der Waals surface area contributed by atoms with Gasteiger partial charge in [0.05, 0.1) is 24.8 Å². The van der Waals surface area contributed by atoms with Crippen LogP contribution in [0.1, 0.15) is 0 Å². The number of benzene rings is 2. The maximum atomic E-state index is 14.8. The van der Waals surface area contributed by atoms with Crippen molar-refractivity contribution in [1.29, 1.82) is 0 Å². The second-order valence-electron chi connectivity index (χ2n) is 7.38. The summed E-state index contributed by atoms with van der Waals surface area (Å²) in [5.41, 5.74) is 8.24. The van der Waals surface area contributed by atoms with Crippen molar-refractivity contribution >= 4 is 33.7 Å². The van der Waals surface area contributed by atoms with Gasteiger partial charge in [-0.15, -0.1) is 0 Å². The smallest absolute Gasteiger partial charge is 0.189 e. The van der Waals surface area contributed by atoms with Crippen LogP contribution in [-0.4, -0.2) is 57.3 Å². The molecule has 7 nitrogen and oxygen atoms in total. The number of methoxy groups -OCH3 is 2. The molecule has 1 aliphatic rings. The lowest BCUT2D eigenvalue weighted by Crippen LogP contribution is -2.44. The van der Waals surface area contributed by atoms with Gasteiger partial charge < -0.3 is 30.3 Å². The number of ether oxygens (including phenoxy) is 2. The molecule has 0 amide bonds. The molecule has 3 N–H and O–H groups in total. The van der Waals surface area contributed by atoms with Crippen LogP contribution in [-0.2, 0) is 0 Å². The highest BCUT2D eigenvalue weighted by molar-refractivity contribution is 7.19. The Balaban J connectivity index is 1.54. The summed E-state index contributed by atoms with van der Waals surface area (Å²) in [5, 5.41) is 3.75. The molecule has 0 unspecified atom stereocenters. The Hall–Kier alpha value is -3.04. The molecule has 2 heterocycles. The summed E-state index contributed by atoms with van der Waals surface area (Å²) in [7, 11) is 5.28. The van der Waals surface area contributed by atoms with Crippen LogP contribution in [0, 0.1) is 5.82 Å². The molecule has 0 saturated carbocycles. The summed E-state index contributed by atoms with van der Waals surface area (Å²) in [6.07, 6.45) is 0. The predicted octanol–water partition coefficient (Wildman–Crippen LogP) is 4.04. The molecule has 0 aliphatic carbocycles. The van der Waals surface area contributed by atoms with Crippen molar-refractivity contribution in [3.63, 3.8) is 0 Å². The Morgan fingerprint density at radius 3 is 2.52 bits per heavy atom. The third kappa shape index (κ3) is 4.52. The number of aromatic nitrogens is 1. The molecule has 0 atom stereocenters. The van der Waals surface area contributed by atoms with E-state index in [1.807, 2.05) is 24.3 Å². The Labute approximate surface area is 185 Å². The summed E-state index contributed by atoms with van der Waals surface area (Å²) in [6.45, 7) is 3.48. The third-order valence-corrected chi connectivity index (χ3v) is 6.37. The minimum absolute atomic E-state index is 0.254. The van der Waals surface area contributed by atoms with Gasteiger partial charge in [0.15, 0.2) is 5.13 Å². The molecular weight excluding hydrogens is 417 g/mol. The number of rotatable bonds is 6. The zero-order valence-corrected chi connectivity index (χ0v) is 18.6. The number of piperazine rings is 1. The minimum atomic E-state index is -0.254. The maximum absolute atomic E-state index is 14.8. The van der Waals surface area contributed by atoms with Gasteiger partial charge in [-0.2, -0.15) is 0 Å². The van der Waals surface area contributed by atoms with E-state index >= 15 is 0 Å². The lowest BCUT2D eigenvalue weighted by atomic mass is 10.1. The fraction of sp³-hybridized carbons (Fsp3) is 0.318. The van der Waals surface area contributed by atoms with Crippen molar-refractivity contribution in [1.82, 2.24) is 9.88 Å². The van der Waals surface area contributed by atoms with Gasteiger partial charge in [-0.05, 0) is 37.4 Å². The van der Waals surface area contributed by atoms with Crippen LogP contribution >= 0.6 is 11.3 Å². The van der Waals surface area contributed by atoms with Gasteiger partial charge in [-0.1, -0.05) is 11.3 Å². The fourth-order valence-electron chi connectivity index (χ4n) is 3.58. The standard InChI is InChI=1S/C22H26FN5O2S/c1-27-8-10-28(11-9-27)18-7-4-14(12-17(18)23)25-22-26-21(24)20(31-22)16-6-5-15(29-2)13-19(16)30-3/h4-7,12-13H,8-11,24H2,1-3H3,(H,25,26). The van der Waals surface area contributed by atoms with E-state index in [9.17, 15) is 4.39 Å².